The van der Waals surface area contributed by atoms with E-state index in [9.17, 15) is 9.59 Å². The fourth-order valence-corrected chi connectivity index (χ4v) is 12.9. The van der Waals surface area contributed by atoms with Gasteiger partial charge in [-0.1, -0.05) is 151 Å². The van der Waals surface area contributed by atoms with Gasteiger partial charge in [0, 0.05) is 101 Å². The van der Waals surface area contributed by atoms with Gasteiger partial charge in [0.25, 0.3) is 0 Å². The molecular weight excluding hydrogens is 1320 g/mol. The van der Waals surface area contributed by atoms with Crippen LogP contribution >= 0.6 is 0 Å². The van der Waals surface area contributed by atoms with E-state index < -0.39 is 0 Å². The number of aromatic amines is 3. The lowest BCUT2D eigenvalue weighted by Gasteiger charge is -2.18. The summed E-state index contributed by atoms with van der Waals surface area (Å²) in [6.45, 7) is 38.2. The van der Waals surface area contributed by atoms with E-state index in [2.05, 4.69) is 254 Å². The molecule has 0 saturated heterocycles. The Balaban J connectivity index is 0.000000141. The van der Waals surface area contributed by atoms with Gasteiger partial charge >= 0.3 is 0 Å². The third-order valence-electron chi connectivity index (χ3n) is 19.8. The second kappa shape index (κ2) is 39.8. The lowest BCUT2D eigenvalue weighted by Crippen LogP contribution is -2.21. The summed E-state index contributed by atoms with van der Waals surface area (Å²) >= 11 is 0. The molecule has 0 fully saturated rings. The molecular formula is C87H116B2N15O3. The molecule has 18 nitrogen and oxygen atoms in total. The van der Waals surface area contributed by atoms with Gasteiger partial charge in [-0.2, -0.15) is 0 Å². The van der Waals surface area contributed by atoms with Gasteiger partial charge in [0.05, 0.1) is 24.0 Å². The number of aryl methyl sites for hydroxylation is 4. The number of rotatable bonds is 8. The van der Waals surface area contributed by atoms with E-state index in [0.717, 1.165) is 136 Å². The van der Waals surface area contributed by atoms with Crippen LogP contribution in [-0.2, 0) is 43.1 Å². The van der Waals surface area contributed by atoms with Crippen molar-refractivity contribution in [3.63, 3.8) is 0 Å². The Kier molecular flexibility index (Phi) is 30.3. The number of H-pyrrole nitrogens is 3. The molecule has 0 atom stereocenters. The lowest BCUT2D eigenvalue weighted by atomic mass is 9.40. The topological polar surface area (TPSA) is 241 Å². The summed E-state index contributed by atoms with van der Waals surface area (Å²) in [5, 5.41) is 14.5. The Morgan fingerprint density at radius 2 is 1.01 bits per heavy atom. The van der Waals surface area contributed by atoms with Gasteiger partial charge in [-0.25, -0.2) is 35.4 Å². The highest BCUT2D eigenvalue weighted by Crippen LogP contribution is 2.29. The van der Waals surface area contributed by atoms with Gasteiger partial charge < -0.3 is 36.2 Å². The Bertz CT molecular complexity index is 4660. The zero-order valence-electron chi connectivity index (χ0n) is 66.7. The standard InChI is InChI=1S/C13H15NO.2C12H18N2.C11H16BN.C10H14BN2.C10H14N2O.C10H10N2O.C9H11N3/c1-8(2)10-4-5-11-12(7-10)14-9(3)6-13(11)15;2*1-9(2)11-7-6-10-5-3-4-8-13-12(10)14-11;1-8(2)12-6-10-5-4-9(3)13-11(10)7-12;1-7(2)9-4-3-8-5-11-6-12-10(8)13-9;1-7(2)9-4-3-8-5-6-13-12-10(8)11-9;1-11-10-6-9(13)7-4-2-3-5-8(7)12-10;1-6(2)7-3-4-8-9(12-7)11-5-10-8/h4-8H,1-3H3,(H,14,15);2*6-7,9H,3-5,8H2,1-2H3,(H,13,14);4-5,8H,6-7H2,1-3H3;3-4,7H,5-6H2,1-2H3,(H,12,13);3-4,7H,5-6H2,1-2H3,(H,11,12);2-6H,1H3,(H2,11,12,13);3-6H,1-2H3,(H,10,11,12). The summed E-state index contributed by atoms with van der Waals surface area (Å²) in [6, 6.07) is 42.4. The summed E-state index contributed by atoms with van der Waals surface area (Å²) in [5.41, 5.74) is 23.8. The van der Waals surface area contributed by atoms with Crippen LogP contribution in [0.1, 0.15) is 237 Å². The van der Waals surface area contributed by atoms with Crippen molar-refractivity contribution >= 4 is 76.1 Å². The summed E-state index contributed by atoms with van der Waals surface area (Å²) in [5.74, 6) is 8.69. The molecule has 0 unspecified atom stereocenters. The van der Waals surface area contributed by atoms with Gasteiger partial charge in [-0.15, -0.1) is 0 Å². The van der Waals surface area contributed by atoms with Gasteiger partial charge in [0.15, 0.2) is 29.0 Å². The third kappa shape index (κ3) is 23.7. The highest BCUT2D eigenvalue weighted by Gasteiger charge is 2.28. The van der Waals surface area contributed by atoms with Crippen LogP contribution < -0.4 is 37.6 Å². The first-order valence-corrected chi connectivity index (χ1v) is 39.0. The van der Waals surface area contributed by atoms with Crippen molar-refractivity contribution < 1.29 is 4.84 Å². The molecule has 8 N–H and O–H groups in total. The van der Waals surface area contributed by atoms with Crippen molar-refractivity contribution in [3.05, 3.63) is 233 Å². The van der Waals surface area contributed by atoms with Crippen LogP contribution in [0.4, 0.5) is 29.1 Å². The highest BCUT2D eigenvalue weighted by atomic mass is 16.6. The number of para-hydroxylation sites is 1. The lowest BCUT2D eigenvalue weighted by molar-refractivity contribution is 0.185. The molecule has 14 heterocycles. The quantitative estimate of drug-likeness (QED) is 0.0660. The Labute approximate surface area is 636 Å². The molecule has 563 valence electrons. The maximum atomic E-state index is 11.7. The molecule has 20 heteroatoms. The monoisotopic (exact) mass is 1440 g/mol. The van der Waals surface area contributed by atoms with Gasteiger partial charge in [0.1, 0.15) is 30.6 Å². The molecule has 11 aromatic rings. The van der Waals surface area contributed by atoms with E-state index >= 15 is 0 Å². The minimum Gasteiger partial charge on any atom is -0.378 e. The summed E-state index contributed by atoms with van der Waals surface area (Å²) in [4.78, 5) is 69.1. The number of nitrogens with zero attached hydrogens (tertiary/aromatic N) is 7. The van der Waals surface area contributed by atoms with Crippen molar-refractivity contribution in [2.24, 2.45) is 0 Å². The summed E-state index contributed by atoms with van der Waals surface area (Å²) in [6.07, 6.45) is 14.5. The molecule has 0 bridgehead atoms. The van der Waals surface area contributed by atoms with Crippen molar-refractivity contribution in [1.82, 2.24) is 49.8 Å². The number of pyridine rings is 8. The van der Waals surface area contributed by atoms with Crippen molar-refractivity contribution in [2.75, 3.05) is 59.9 Å². The van der Waals surface area contributed by atoms with Gasteiger partial charge in [-0.05, 0) is 213 Å². The summed E-state index contributed by atoms with van der Waals surface area (Å²) in [7, 11) is 4.01. The predicted octanol–water partition coefficient (Wildman–Crippen LogP) is 18.9. The first-order chi connectivity index (χ1) is 51.4. The number of aromatic nitrogens is 10. The van der Waals surface area contributed by atoms with E-state index in [4.69, 9.17) is 4.84 Å². The van der Waals surface area contributed by atoms with E-state index in [-0.39, 0.29) is 10.9 Å². The largest absolute Gasteiger partial charge is 0.378 e. The molecule has 107 heavy (non-hydrogen) atoms. The van der Waals surface area contributed by atoms with Crippen LogP contribution in [0.25, 0.3) is 33.0 Å². The first kappa shape index (κ1) is 81.4. The van der Waals surface area contributed by atoms with Crippen LogP contribution in [0.3, 0.4) is 0 Å². The molecule has 9 aromatic heterocycles. The Hall–Kier alpha value is -9.68. The van der Waals surface area contributed by atoms with Crippen molar-refractivity contribution in [2.45, 2.75) is 216 Å². The van der Waals surface area contributed by atoms with Crippen molar-refractivity contribution in [3.8, 4) is 0 Å². The molecule has 5 aliphatic rings. The van der Waals surface area contributed by atoms with Crippen LogP contribution in [-0.4, -0.2) is 97.0 Å². The normalized spacial score (nSPS) is 13.7. The molecule has 0 spiro atoms. The second-order valence-electron chi connectivity index (χ2n) is 30.7. The fourth-order valence-electron chi connectivity index (χ4n) is 12.9. The predicted molar refractivity (Wildman–Crippen MR) is 450 cm³/mol. The van der Waals surface area contributed by atoms with E-state index in [0.29, 0.717) is 35.5 Å². The fraction of sp³-hybridized carbons (Fsp3) is 0.437. The highest BCUT2D eigenvalue weighted by molar-refractivity contribution is 6.60. The number of hydrogen-bond donors (Lipinski definition) is 8. The molecule has 0 amide bonds. The Morgan fingerprint density at radius 3 is 1.60 bits per heavy atom. The molecule has 16 rings (SSSR count). The minimum absolute atomic E-state index is 0.0405. The molecule has 2 aromatic carbocycles. The zero-order valence-corrected chi connectivity index (χ0v) is 66.7. The second-order valence-corrected chi connectivity index (χ2v) is 30.7. The van der Waals surface area contributed by atoms with Crippen molar-refractivity contribution in [1.29, 1.82) is 0 Å². The molecule has 5 aliphatic heterocycles. The van der Waals surface area contributed by atoms with Crippen LogP contribution in [0.5, 0.6) is 0 Å². The number of benzene rings is 2. The van der Waals surface area contributed by atoms with Crippen LogP contribution in [0.15, 0.2) is 143 Å². The van der Waals surface area contributed by atoms with Gasteiger partial charge in [0.2, 0.25) is 0 Å². The smallest absolute Gasteiger partial charge is 0.191 e. The van der Waals surface area contributed by atoms with Crippen LogP contribution in [0, 0.1) is 13.8 Å². The summed E-state index contributed by atoms with van der Waals surface area (Å²) < 4.78 is 0. The number of hydrogen-bond acceptors (Lipinski definition) is 15. The number of anilines is 5. The SMILES string of the molecule is CC(C)c1ccc2[nH]cnc2n1.CC(C)c1ccc2c(n1)NCCCC2.CC(C)c1ccc2c(n1)NCCCC2.CC(C)c1ccc2c(n1)NC[B]C2.CC(C)c1ccc2c(n1)NOCC2.CNc1cc(=O)c2ccccc2[nH]1.Cc1cc(=O)c2ccc(C(C)C)cc2[nH]1.Cc1ccc2c(n1)CB(C(C)C)C2. The van der Waals surface area contributed by atoms with Gasteiger partial charge in [-0.3, -0.25) is 19.4 Å². The third-order valence-corrected chi connectivity index (χ3v) is 19.8. The first-order valence-electron chi connectivity index (χ1n) is 39.0. The average molecular weight is 1440 g/mol. The minimum atomic E-state index is 0.0405. The number of imidazole rings is 1. The van der Waals surface area contributed by atoms with E-state index in [1.165, 1.54) is 107 Å². The van der Waals surface area contributed by atoms with E-state index in [1.807, 2.05) is 55.5 Å². The molecule has 1 radical (unpaired) electrons. The molecule has 0 saturated carbocycles. The van der Waals surface area contributed by atoms with E-state index in [1.54, 1.807) is 25.5 Å². The number of nitrogens with one attached hydrogen (secondary N) is 8. The zero-order chi connectivity index (χ0) is 76.7. The Morgan fingerprint density at radius 1 is 0.477 bits per heavy atom. The maximum Gasteiger partial charge on any atom is 0.191 e. The van der Waals surface area contributed by atoms with Crippen LogP contribution in [0.2, 0.25) is 5.82 Å². The molecule has 0 aliphatic carbocycles. The maximum absolute atomic E-state index is 11.7. The number of fused-ring (bicyclic) bond motifs is 8. The average Bonchev–Trinajstić information content (AvgIpc) is 1.81.